The SMILES string of the molecule is CCC(O)(c1cnc(C(C)(C)NCc2ccc3c(-c4ccc(F)cc4)cc(=O)oc3c2)[nH]1)C(F)(F)F. The van der Waals surface area contributed by atoms with Crippen LogP contribution in [0.4, 0.5) is 17.6 Å². The molecule has 0 amide bonds. The highest BCUT2D eigenvalue weighted by molar-refractivity contribution is 5.93. The normalized spacial score (nSPS) is 14.2. The summed E-state index contributed by atoms with van der Waals surface area (Å²) in [5.74, 6) is -0.164. The molecule has 4 aromatic rings. The monoisotopic (exact) mass is 503 g/mol. The Morgan fingerprint density at radius 1 is 1.08 bits per heavy atom. The van der Waals surface area contributed by atoms with Gasteiger partial charge in [0.15, 0.2) is 0 Å². The quantitative estimate of drug-likeness (QED) is 0.229. The topological polar surface area (TPSA) is 91.2 Å². The maximum atomic E-state index is 13.4. The second-order valence-corrected chi connectivity index (χ2v) is 9.15. The summed E-state index contributed by atoms with van der Waals surface area (Å²) >= 11 is 0. The van der Waals surface area contributed by atoms with Gasteiger partial charge in [-0.3, -0.25) is 0 Å². The molecule has 2 aromatic heterocycles. The van der Waals surface area contributed by atoms with Gasteiger partial charge >= 0.3 is 11.8 Å². The predicted molar refractivity (Wildman–Crippen MR) is 127 cm³/mol. The van der Waals surface area contributed by atoms with Crippen molar-refractivity contribution < 1.29 is 27.1 Å². The molecule has 0 aliphatic heterocycles. The van der Waals surface area contributed by atoms with E-state index in [0.29, 0.717) is 22.1 Å². The molecule has 0 saturated heterocycles. The van der Waals surface area contributed by atoms with Gasteiger partial charge in [0.25, 0.3) is 0 Å². The summed E-state index contributed by atoms with van der Waals surface area (Å²) in [6.07, 6.45) is -4.42. The van der Waals surface area contributed by atoms with E-state index in [4.69, 9.17) is 4.42 Å². The number of alkyl halides is 3. The Bertz CT molecular complexity index is 1440. The number of H-pyrrole nitrogens is 1. The molecule has 1 unspecified atom stereocenters. The molecule has 10 heteroatoms. The summed E-state index contributed by atoms with van der Waals surface area (Å²) in [6, 6.07) is 12.4. The number of halogens is 4. The first-order chi connectivity index (χ1) is 16.8. The highest BCUT2D eigenvalue weighted by Gasteiger charge is 2.55. The van der Waals surface area contributed by atoms with Crippen molar-refractivity contribution in [3.05, 3.63) is 88.0 Å². The van der Waals surface area contributed by atoms with Crippen LogP contribution in [0.2, 0.25) is 0 Å². The molecular weight excluding hydrogens is 478 g/mol. The van der Waals surface area contributed by atoms with Crippen molar-refractivity contribution in [2.75, 3.05) is 0 Å². The minimum absolute atomic E-state index is 0.222. The summed E-state index contributed by atoms with van der Waals surface area (Å²) in [6.45, 7) is 5.00. The van der Waals surface area contributed by atoms with E-state index in [-0.39, 0.29) is 18.2 Å². The van der Waals surface area contributed by atoms with E-state index in [0.717, 1.165) is 11.8 Å². The molecule has 0 radical (unpaired) electrons. The maximum absolute atomic E-state index is 13.4. The van der Waals surface area contributed by atoms with E-state index < -0.39 is 35.1 Å². The highest BCUT2D eigenvalue weighted by Crippen LogP contribution is 2.41. The van der Waals surface area contributed by atoms with Gasteiger partial charge in [-0.05, 0) is 55.2 Å². The average molecular weight is 503 g/mol. The number of hydrogen-bond donors (Lipinski definition) is 3. The van der Waals surface area contributed by atoms with Crippen molar-refractivity contribution in [1.29, 1.82) is 0 Å². The van der Waals surface area contributed by atoms with Gasteiger partial charge in [-0.25, -0.2) is 14.2 Å². The lowest BCUT2D eigenvalue weighted by molar-refractivity contribution is -0.269. The number of imidazole rings is 1. The van der Waals surface area contributed by atoms with Crippen LogP contribution in [-0.2, 0) is 17.7 Å². The van der Waals surface area contributed by atoms with Crippen molar-refractivity contribution in [2.45, 2.75) is 51.1 Å². The Morgan fingerprint density at radius 3 is 2.42 bits per heavy atom. The molecule has 0 aliphatic carbocycles. The zero-order chi connectivity index (χ0) is 26.3. The van der Waals surface area contributed by atoms with Gasteiger partial charge in [0.1, 0.15) is 17.2 Å². The Hall–Kier alpha value is -3.50. The number of aromatic nitrogens is 2. The van der Waals surface area contributed by atoms with E-state index in [2.05, 4.69) is 15.3 Å². The van der Waals surface area contributed by atoms with Gasteiger partial charge in [0, 0.05) is 18.0 Å². The van der Waals surface area contributed by atoms with Crippen LogP contribution in [-0.4, -0.2) is 21.3 Å². The standard InChI is InChI=1S/C26H25F4N3O3/c1-4-25(35,26(28,29)30)21-14-31-23(33-21)24(2,3)32-13-15-5-10-18-19(12-22(34)36-20(18)11-15)16-6-8-17(27)9-7-16/h5-12,14,32,35H,4,13H2,1-3H3,(H,31,33). The molecular formula is C26H25F4N3O3. The molecule has 3 N–H and O–H groups in total. The Balaban J connectivity index is 1.58. The smallest absolute Gasteiger partial charge is 0.422 e. The number of aliphatic hydroxyl groups is 1. The van der Waals surface area contributed by atoms with Crippen molar-refractivity contribution in [2.24, 2.45) is 0 Å². The fourth-order valence-corrected chi connectivity index (χ4v) is 3.98. The van der Waals surface area contributed by atoms with E-state index in [1.165, 1.54) is 25.1 Å². The van der Waals surface area contributed by atoms with Crippen LogP contribution in [0.15, 0.2) is 63.9 Å². The van der Waals surface area contributed by atoms with Crippen LogP contribution >= 0.6 is 0 Å². The molecule has 6 nitrogen and oxygen atoms in total. The Morgan fingerprint density at radius 2 is 1.78 bits per heavy atom. The molecule has 0 fully saturated rings. The molecule has 190 valence electrons. The van der Waals surface area contributed by atoms with Crippen LogP contribution in [0.5, 0.6) is 0 Å². The van der Waals surface area contributed by atoms with Crippen molar-refractivity contribution in [3.8, 4) is 11.1 Å². The molecule has 36 heavy (non-hydrogen) atoms. The first kappa shape index (κ1) is 25.6. The first-order valence-corrected chi connectivity index (χ1v) is 11.3. The number of rotatable bonds is 7. The summed E-state index contributed by atoms with van der Waals surface area (Å²) < 4.78 is 59.0. The van der Waals surface area contributed by atoms with E-state index in [1.807, 2.05) is 6.07 Å². The van der Waals surface area contributed by atoms with E-state index in [9.17, 15) is 27.5 Å². The molecule has 0 aliphatic rings. The van der Waals surface area contributed by atoms with Gasteiger partial charge in [-0.15, -0.1) is 0 Å². The van der Waals surface area contributed by atoms with Gasteiger partial charge < -0.3 is 19.8 Å². The zero-order valence-corrected chi connectivity index (χ0v) is 19.8. The third-order valence-electron chi connectivity index (χ3n) is 6.29. The minimum atomic E-state index is -4.86. The van der Waals surface area contributed by atoms with Gasteiger partial charge in [-0.2, -0.15) is 13.2 Å². The maximum Gasteiger partial charge on any atom is 0.422 e. The number of benzene rings is 2. The second kappa shape index (κ2) is 9.18. The number of nitrogens with zero attached hydrogens (tertiary/aromatic N) is 1. The Labute approximate surface area is 204 Å². The van der Waals surface area contributed by atoms with Crippen molar-refractivity contribution in [1.82, 2.24) is 15.3 Å². The number of hydrogen-bond acceptors (Lipinski definition) is 5. The van der Waals surface area contributed by atoms with Crippen LogP contribution < -0.4 is 10.9 Å². The second-order valence-electron chi connectivity index (χ2n) is 9.15. The third kappa shape index (κ3) is 4.78. The summed E-state index contributed by atoms with van der Waals surface area (Å²) in [4.78, 5) is 18.9. The number of nitrogens with one attached hydrogen (secondary N) is 2. The van der Waals surface area contributed by atoms with E-state index >= 15 is 0 Å². The third-order valence-corrected chi connectivity index (χ3v) is 6.29. The highest BCUT2D eigenvalue weighted by atomic mass is 19.4. The molecule has 4 rings (SSSR count). The van der Waals surface area contributed by atoms with Crippen LogP contribution in [0.3, 0.4) is 0 Å². The van der Waals surface area contributed by atoms with Crippen molar-refractivity contribution >= 4 is 11.0 Å². The predicted octanol–water partition coefficient (Wildman–Crippen LogP) is 5.51. The summed E-state index contributed by atoms with van der Waals surface area (Å²) in [5, 5.41) is 14.1. The molecule has 2 aromatic carbocycles. The molecule has 0 saturated carbocycles. The van der Waals surface area contributed by atoms with Crippen LogP contribution in [0.1, 0.15) is 44.3 Å². The van der Waals surface area contributed by atoms with Crippen LogP contribution in [0.25, 0.3) is 22.1 Å². The largest absolute Gasteiger partial charge is 0.423 e. The number of aromatic amines is 1. The van der Waals surface area contributed by atoms with Gasteiger partial charge in [0.05, 0.1) is 17.4 Å². The van der Waals surface area contributed by atoms with E-state index in [1.54, 1.807) is 38.1 Å². The van der Waals surface area contributed by atoms with Crippen LogP contribution in [0, 0.1) is 5.82 Å². The fraction of sp³-hybridized carbons (Fsp3) is 0.308. The van der Waals surface area contributed by atoms with Gasteiger partial charge in [0.2, 0.25) is 5.60 Å². The average Bonchev–Trinajstić information content (AvgIpc) is 3.33. The Kier molecular flexibility index (Phi) is 6.52. The summed E-state index contributed by atoms with van der Waals surface area (Å²) in [5.41, 5.74) is -2.51. The first-order valence-electron chi connectivity index (χ1n) is 11.3. The lowest BCUT2D eigenvalue weighted by atomic mass is 9.96. The van der Waals surface area contributed by atoms with Crippen molar-refractivity contribution in [3.63, 3.8) is 0 Å². The lowest BCUT2D eigenvalue weighted by Gasteiger charge is -2.28. The zero-order valence-electron chi connectivity index (χ0n) is 19.8. The minimum Gasteiger partial charge on any atom is -0.423 e. The molecule has 2 heterocycles. The fourth-order valence-electron chi connectivity index (χ4n) is 3.98. The summed E-state index contributed by atoms with van der Waals surface area (Å²) in [7, 11) is 0. The van der Waals surface area contributed by atoms with Gasteiger partial charge in [-0.1, -0.05) is 31.2 Å². The lowest BCUT2D eigenvalue weighted by Crippen LogP contribution is -2.42. The number of fused-ring (bicyclic) bond motifs is 1. The molecule has 0 spiro atoms. The molecule has 0 bridgehead atoms. The molecule has 1 atom stereocenters.